The maximum Gasteiger partial charge on any atom is 0.243 e. The number of amides is 1. The molecule has 0 saturated carbocycles. The number of likely N-dealkylation sites (N-methyl/N-ethyl adjacent to an activating group) is 1. The molecule has 1 heterocycles. The second-order valence-corrected chi connectivity index (χ2v) is 6.87. The number of rotatable bonds is 6. The van der Waals surface area contributed by atoms with Crippen molar-refractivity contribution in [2.75, 3.05) is 45.2 Å². The molecule has 1 saturated heterocycles. The summed E-state index contributed by atoms with van der Waals surface area (Å²) < 4.78 is 0. The van der Waals surface area contributed by atoms with Crippen molar-refractivity contribution in [3.63, 3.8) is 0 Å². The molecule has 1 aliphatic rings. The summed E-state index contributed by atoms with van der Waals surface area (Å²) in [6.45, 7) is 4.93. The SMILES string of the molecule is CCCNC(=NCC(=O)N(C)C)NC1CCN(c2cccc(Cl)c2)C1. The Hall–Kier alpha value is -1.95. The van der Waals surface area contributed by atoms with E-state index in [1.165, 1.54) is 0 Å². The van der Waals surface area contributed by atoms with Gasteiger partial charge in [0.05, 0.1) is 0 Å². The van der Waals surface area contributed by atoms with Gasteiger partial charge in [-0.1, -0.05) is 24.6 Å². The number of nitrogens with one attached hydrogen (secondary N) is 2. The highest BCUT2D eigenvalue weighted by atomic mass is 35.5. The molecule has 1 aromatic carbocycles. The molecule has 0 aromatic heterocycles. The minimum atomic E-state index is -0.00965. The van der Waals surface area contributed by atoms with Crippen LogP contribution in [0.2, 0.25) is 5.02 Å². The van der Waals surface area contributed by atoms with E-state index < -0.39 is 0 Å². The molecule has 1 amide bonds. The Labute approximate surface area is 155 Å². The number of halogens is 1. The van der Waals surface area contributed by atoms with Crippen LogP contribution in [0.4, 0.5) is 5.69 Å². The van der Waals surface area contributed by atoms with E-state index in [2.05, 4.69) is 33.5 Å². The molecule has 1 atom stereocenters. The predicted octanol–water partition coefficient (Wildman–Crippen LogP) is 1.95. The number of carbonyl (C=O) groups excluding carboxylic acids is 1. The Bertz CT molecular complexity index is 605. The van der Waals surface area contributed by atoms with Gasteiger partial charge in [0.2, 0.25) is 5.91 Å². The molecule has 25 heavy (non-hydrogen) atoms. The van der Waals surface area contributed by atoms with Gasteiger partial charge in [-0.25, -0.2) is 4.99 Å². The van der Waals surface area contributed by atoms with Crippen LogP contribution in [-0.2, 0) is 4.79 Å². The van der Waals surface area contributed by atoms with Crippen LogP contribution in [0.15, 0.2) is 29.3 Å². The topological polar surface area (TPSA) is 60.0 Å². The molecule has 1 aromatic rings. The zero-order valence-electron chi connectivity index (χ0n) is 15.3. The lowest BCUT2D eigenvalue weighted by atomic mass is 10.2. The highest BCUT2D eigenvalue weighted by Crippen LogP contribution is 2.23. The number of nitrogens with zero attached hydrogens (tertiary/aromatic N) is 3. The number of hydrogen-bond donors (Lipinski definition) is 2. The van der Waals surface area contributed by atoms with Gasteiger partial charge in [-0.3, -0.25) is 4.79 Å². The molecule has 0 aliphatic carbocycles. The van der Waals surface area contributed by atoms with E-state index in [0.717, 1.165) is 43.2 Å². The summed E-state index contributed by atoms with van der Waals surface area (Å²) in [5, 5.41) is 7.49. The van der Waals surface area contributed by atoms with Crippen LogP contribution in [0.1, 0.15) is 19.8 Å². The fraction of sp³-hybridized carbons (Fsp3) is 0.556. The van der Waals surface area contributed by atoms with Gasteiger partial charge in [-0.15, -0.1) is 0 Å². The summed E-state index contributed by atoms with van der Waals surface area (Å²) in [7, 11) is 3.48. The highest BCUT2D eigenvalue weighted by Gasteiger charge is 2.23. The molecule has 0 bridgehead atoms. The van der Waals surface area contributed by atoms with Crippen LogP contribution in [-0.4, -0.2) is 63.1 Å². The lowest BCUT2D eigenvalue weighted by Gasteiger charge is -2.21. The summed E-state index contributed by atoms with van der Waals surface area (Å²) in [5.74, 6) is 0.694. The number of hydrogen-bond acceptors (Lipinski definition) is 3. The van der Waals surface area contributed by atoms with Gasteiger partial charge in [0, 0.05) is 50.5 Å². The Morgan fingerprint density at radius 3 is 2.92 bits per heavy atom. The summed E-state index contributed by atoms with van der Waals surface area (Å²) >= 11 is 6.09. The van der Waals surface area contributed by atoms with Crippen molar-refractivity contribution < 1.29 is 4.79 Å². The lowest BCUT2D eigenvalue weighted by Crippen LogP contribution is -2.45. The molecule has 6 nitrogen and oxygen atoms in total. The van der Waals surface area contributed by atoms with Gasteiger partial charge in [0.25, 0.3) is 0 Å². The van der Waals surface area contributed by atoms with Crippen molar-refractivity contribution in [3.05, 3.63) is 29.3 Å². The predicted molar refractivity (Wildman–Crippen MR) is 104 cm³/mol. The van der Waals surface area contributed by atoms with Crippen LogP contribution < -0.4 is 15.5 Å². The Morgan fingerprint density at radius 1 is 1.44 bits per heavy atom. The number of aliphatic imine (C=N–C) groups is 1. The Balaban J connectivity index is 1.94. The van der Waals surface area contributed by atoms with Crippen LogP contribution in [0, 0.1) is 0 Å². The third-order valence-electron chi connectivity index (χ3n) is 4.12. The first-order valence-electron chi connectivity index (χ1n) is 8.75. The van der Waals surface area contributed by atoms with E-state index in [9.17, 15) is 4.79 Å². The molecule has 7 heteroatoms. The second kappa shape index (κ2) is 9.51. The van der Waals surface area contributed by atoms with Gasteiger partial charge in [0.1, 0.15) is 6.54 Å². The molecule has 0 spiro atoms. The number of benzene rings is 1. The molecular weight excluding hydrogens is 338 g/mol. The van der Waals surface area contributed by atoms with Gasteiger partial charge in [-0.05, 0) is 31.0 Å². The molecule has 1 aliphatic heterocycles. The number of guanidine groups is 1. The fourth-order valence-corrected chi connectivity index (χ4v) is 2.85. The van der Waals surface area contributed by atoms with Crippen LogP contribution in [0.5, 0.6) is 0 Å². The lowest BCUT2D eigenvalue weighted by molar-refractivity contribution is -0.127. The summed E-state index contributed by atoms with van der Waals surface area (Å²) in [6, 6.07) is 8.22. The maximum atomic E-state index is 11.8. The fourth-order valence-electron chi connectivity index (χ4n) is 2.66. The number of anilines is 1. The zero-order valence-corrected chi connectivity index (χ0v) is 16.0. The molecule has 2 rings (SSSR count). The first-order chi connectivity index (χ1) is 12.0. The van der Waals surface area contributed by atoms with Crippen molar-refractivity contribution in [3.8, 4) is 0 Å². The van der Waals surface area contributed by atoms with E-state index in [0.29, 0.717) is 5.96 Å². The van der Waals surface area contributed by atoms with Gasteiger partial charge < -0.3 is 20.4 Å². The normalized spacial score (nSPS) is 17.5. The maximum absolute atomic E-state index is 11.8. The average Bonchev–Trinajstić information content (AvgIpc) is 3.05. The number of carbonyl (C=O) groups is 1. The average molecular weight is 366 g/mol. The molecular formula is C18H28ClN5O. The van der Waals surface area contributed by atoms with Crippen molar-refractivity contribution in [2.24, 2.45) is 4.99 Å². The molecule has 138 valence electrons. The largest absolute Gasteiger partial charge is 0.369 e. The minimum Gasteiger partial charge on any atom is -0.369 e. The third kappa shape index (κ3) is 6.12. The molecule has 2 N–H and O–H groups in total. The van der Waals surface area contributed by atoms with Crippen molar-refractivity contribution >= 4 is 29.2 Å². The zero-order chi connectivity index (χ0) is 18.2. The second-order valence-electron chi connectivity index (χ2n) is 6.44. The van der Waals surface area contributed by atoms with E-state index >= 15 is 0 Å². The summed E-state index contributed by atoms with van der Waals surface area (Å²) in [6.07, 6.45) is 2.02. The van der Waals surface area contributed by atoms with Crippen molar-refractivity contribution in [1.29, 1.82) is 0 Å². The van der Waals surface area contributed by atoms with Gasteiger partial charge in [-0.2, -0.15) is 0 Å². The van der Waals surface area contributed by atoms with Crippen LogP contribution in [0.3, 0.4) is 0 Å². The third-order valence-corrected chi connectivity index (χ3v) is 4.35. The smallest absolute Gasteiger partial charge is 0.243 e. The van der Waals surface area contributed by atoms with Gasteiger partial charge >= 0.3 is 0 Å². The highest BCUT2D eigenvalue weighted by molar-refractivity contribution is 6.30. The minimum absolute atomic E-state index is 0.00965. The van der Waals surface area contributed by atoms with Crippen LogP contribution >= 0.6 is 11.6 Å². The standard InChI is InChI=1S/C18H28ClN5O/c1-4-9-20-18(21-12-17(25)23(2)3)22-15-8-10-24(13-15)16-7-5-6-14(19)11-16/h5-7,11,15H,4,8-10,12-13H2,1-3H3,(H2,20,21,22). The van der Waals surface area contributed by atoms with E-state index in [1.807, 2.05) is 18.2 Å². The summed E-state index contributed by atoms with van der Waals surface area (Å²) in [5.41, 5.74) is 1.14. The quantitative estimate of drug-likeness (QED) is 0.597. The summed E-state index contributed by atoms with van der Waals surface area (Å²) in [4.78, 5) is 20.1. The van der Waals surface area contributed by atoms with E-state index in [-0.39, 0.29) is 18.5 Å². The molecule has 0 radical (unpaired) electrons. The van der Waals surface area contributed by atoms with Crippen molar-refractivity contribution in [2.45, 2.75) is 25.8 Å². The van der Waals surface area contributed by atoms with E-state index in [4.69, 9.17) is 11.6 Å². The first-order valence-corrected chi connectivity index (χ1v) is 9.13. The molecule has 1 fully saturated rings. The Morgan fingerprint density at radius 2 is 2.24 bits per heavy atom. The van der Waals surface area contributed by atoms with Crippen LogP contribution in [0.25, 0.3) is 0 Å². The van der Waals surface area contributed by atoms with E-state index in [1.54, 1.807) is 19.0 Å². The van der Waals surface area contributed by atoms with Gasteiger partial charge in [0.15, 0.2) is 5.96 Å². The monoisotopic (exact) mass is 365 g/mol. The Kier molecular flexibility index (Phi) is 7.37. The molecule has 1 unspecified atom stereocenters. The first kappa shape index (κ1) is 19.4. The van der Waals surface area contributed by atoms with Crippen molar-refractivity contribution in [1.82, 2.24) is 15.5 Å².